The molecule has 0 saturated carbocycles. The fourth-order valence-electron chi connectivity index (χ4n) is 1.67. The molecule has 1 N–H and O–H groups in total. The maximum atomic E-state index is 13.8. The Morgan fingerprint density at radius 1 is 1.20 bits per heavy atom. The predicted molar refractivity (Wildman–Crippen MR) is 79.5 cm³/mol. The number of halogens is 1. The highest BCUT2D eigenvalue weighted by atomic mass is 19.1. The van der Waals surface area contributed by atoms with E-state index in [1.807, 2.05) is 13.0 Å². The molecule has 1 aromatic carbocycles. The van der Waals surface area contributed by atoms with E-state index in [1.54, 1.807) is 6.07 Å². The van der Waals surface area contributed by atoms with Crippen LogP contribution in [0.2, 0.25) is 0 Å². The monoisotopic (exact) mass is 283 g/mol. The molecule has 0 bridgehead atoms. The van der Waals surface area contributed by atoms with Gasteiger partial charge in [0, 0.05) is 13.2 Å². The van der Waals surface area contributed by atoms with Gasteiger partial charge in [0.05, 0.1) is 6.61 Å². The van der Waals surface area contributed by atoms with Crippen LogP contribution in [0, 0.1) is 11.7 Å². The lowest BCUT2D eigenvalue weighted by molar-refractivity contribution is 0.0913. The van der Waals surface area contributed by atoms with Crippen molar-refractivity contribution >= 4 is 0 Å². The van der Waals surface area contributed by atoms with E-state index in [1.165, 1.54) is 6.07 Å². The average Bonchev–Trinajstić information content (AvgIpc) is 2.41. The van der Waals surface area contributed by atoms with E-state index in [0.29, 0.717) is 25.7 Å². The van der Waals surface area contributed by atoms with Gasteiger partial charge < -0.3 is 14.8 Å². The lowest BCUT2D eigenvalue weighted by atomic mass is 10.1. The highest BCUT2D eigenvalue weighted by molar-refractivity contribution is 5.29. The Hall–Kier alpha value is -1.13. The summed E-state index contributed by atoms with van der Waals surface area (Å²) >= 11 is 0. The first-order chi connectivity index (χ1) is 9.63. The topological polar surface area (TPSA) is 30.5 Å². The number of benzene rings is 1. The maximum Gasteiger partial charge on any atom is 0.165 e. The zero-order valence-corrected chi connectivity index (χ0v) is 12.7. The van der Waals surface area contributed by atoms with Crippen molar-refractivity contribution in [3.05, 3.63) is 29.6 Å². The minimum atomic E-state index is -0.317. The van der Waals surface area contributed by atoms with Crippen LogP contribution in [0.15, 0.2) is 18.2 Å². The van der Waals surface area contributed by atoms with Crippen molar-refractivity contribution in [2.45, 2.75) is 33.7 Å². The van der Waals surface area contributed by atoms with E-state index < -0.39 is 0 Å². The van der Waals surface area contributed by atoms with Gasteiger partial charge in [-0.2, -0.15) is 0 Å². The lowest BCUT2D eigenvalue weighted by Crippen LogP contribution is -2.12. The summed E-state index contributed by atoms with van der Waals surface area (Å²) in [7, 11) is 0. The van der Waals surface area contributed by atoms with Crippen molar-refractivity contribution in [1.82, 2.24) is 5.32 Å². The summed E-state index contributed by atoms with van der Waals surface area (Å²) < 4.78 is 24.6. The number of hydrogen-bond acceptors (Lipinski definition) is 3. The molecule has 0 amide bonds. The zero-order valence-electron chi connectivity index (χ0n) is 12.7. The van der Waals surface area contributed by atoms with Gasteiger partial charge in [-0.25, -0.2) is 4.39 Å². The highest BCUT2D eigenvalue weighted by Gasteiger charge is 2.04. The summed E-state index contributed by atoms with van der Waals surface area (Å²) in [6.45, 7) is 9.47. The molecule has 0 aliphatic heterocycles. The Morgan fingerprint density at radius 2 is 2.00 bits per heavy atom. The quantitative estimate of drug-likeness (QED) is 0.668. The second kappa shape index (κ2) is 9.72. The van der Waals surface area contributed by atoms with Crippen molar-refractivity contribution in [3.63, 3.8) is 0 Å². The first-order valence-electron chi connectivity index (χ1n) is 7.33. The first-order valence-corrected chi connectivity index (χ1v) is 7.33. The number of ether oxygens (including phenoxy) is 2. The Kier molecular flexibility index (Phi) is 8.23. The van der Waals surface area contributed by atoms with Gasteiger partial charge in [-0.15, -0.1) is 0 Å². The molecule has 0 saturated heterocycles. The largest absolute Gasteiger partial charge is 0.488 e. The molecule has 0 aliphatic carbocycles. The van der Waals surface area contributed by atoms with Crippen molar-refractivity contribution in [3.8, 4) is 5.75 Å². The van der Waals surface area contributed by atoms with Gasteiger partial charge >= 0.3 is 0 Å². The Bertz CT molecular complexity index is 383. The molecule has 0 atom stereocenters. The predicted octanol–water partition coefficient (Wildman–Crippen LogP) is 3.38. The van der Waals surface area contributed by atoms with Gasteiger partial charge in [0.25, 0.3) is 0 Å². The van der Waals surface area contributed by atoms with Gasteiger partial charge in [-0.3, -0.25) is 0 Å². The summed E-state index contributed by atoms with van der Waals surface area (Å²) in [6.07, 6.45) is 1.04. The van der Waals surface area contributed by atoms with Crippen LogP contribution in [0.4, 0.5) is 4.39 Å². The molecule has 0 heterocycles. The molecular formula is C16H26FNO2. The Balaban J connectivity index is 2.26. The average molecular weight is 283 g/mol. The minimum Gasteiger partial charge on any atom is -0.488 e. The third-order valence-corrected chi connectivity index (χ3v) is 2.90. The standard InChI is InChI=1S/C16H26FNO2/c1-4-18-12-14-5-6-16(15(17)11-14)20-10-9-19-8-7-13(2)3/h5-6,11,13,18H,4,7-10,12H2,1-3H3. The van der Waals surface area contributed by atoms with E-state index in [-0.39, 0.29) is 11.6 Å². The summed E-state index contributed by atoms with van der Waals surface area (Å²) in [5.41, 5.74) is 0.921. The van der Waals surface area contributed by atoms with Crippen LogP contribution in [0.25, 0.3) is 0 Å². The fourth-order valence-corrected chi connectivity index (χ4v) is 1.67. The summed E-state index contributed by atoms with van der Waals surface area (Å²) in [5, 5.41) is 3.16. The molecule has 114 valence electrons. The summed E-state index contributed by atoms with van der Waals surface area (Å²) in [4.78, 5) is 0. The van der Waals surface area contributed by atoms with E-state index in [2.05, 4.69) is 19.2 Å². The Morgan fingerprint density at radius 3 is 2.65 bits per heavy atom. The molecule has 3 nitrogen and oxygen atoms in total. The van der Waals surface area contributed by atoms with Gasteiger partial charge in [0.2, 0.25) is 0 Å². The van der Waals surface area contributed by atoms with Crippen molar-refractivity contribution in [2.75, 3.05) is 26.4 Å². The molecular weight excluding hydrogens is 257 g/mol. The van der Waals surface area contributed by atoms with Crippen LogP contribution < -0.4 is 10.1 Å². The molecule has 4 heteroatoms. The third kappa shape index (κ3) is 6.87. The van der Waals surface area contributed by atoms with E-state index in [0.717, 1.165) is 25.1 Å². The van der Waals surface area contributed by atoms with Crippen LogP contribution in [0.3, 0.4) is 0 Å². The van der Waals surface area contributed by atoms with Crippen molar-refractivity contribution < 1.29 is 13.9 Å². The van der Waals surface area contributed by atoms with Gasteiger partial charge in [-0.05, 0) is 36.6 Å². The van der Waals surface area contributed by atoms with E-state index in [9.17, 15) is 4.39 Å². The molecule has 1 aromatic rings. The molecule has 0 spiro atoms. The molecule has 0 aromatic heterocycles. The van der Waals surface area contributed by atoms with Gasteiger partial charge in [0.1, 0.15) is 6.61 Å². The number of rotatable bonds is 10. The zero-order chi connectivity index (χ0) is 14.8. The van der Waals surface area contributed by atoms with Gasteiger partial charge in [-0.1, -0.05) is 26.8 Å². The summed E-state index contributed by atoms with van der Waals surface area (Å²) in [5.74, 6) is 0.609. The molecule has 0 radical (unpaired) electrons. The SMILES string of the molecule is CCNCc1ccc(OCCOCCC(C)C)c(F)c1. The lowest BCUT2D eigenvalue weighted by Gasteiger charge is -2.10. The van der Waals surface area contributed by atoms with Crippen LogP contribution in [-0.2, 0) is 11.3 Å². The third-order valence-electron chi connectivity index (χ3n) is 2.90. The maximum absolute atomic E-state index is 13.8. The normalized spacial score (nSPS) is 11.1. The van der Waals surface area contributed by atoms with Crippen molar-refractivity contribution in [1.29, 1.82) is 0 Å². The number of nitrogens with one attached hydrogen (secondary N) is 1. The molecule has 0 unspecified atom stereocenters. The molecule has 0 aliphatic rings. The van der Waals surface area contributed by atoms with Crippen molar-refractivity contribution in [2.24, 2.45) is 5.92 Å². The second-order valence-electron chi connectivity index (χ2n) is 5.19. The first kappa shape index (κ1) is 16.9. The molecule has 1 rings (SSSR count). The Labute approximate surface area is 121 Å². The summed E-state index contributed by atoms with van der Waals surface area (Å²) in [6, 6.07) is 5.06. The van der Waals surface area contributed by atoms with E-state index >= 15 is 0 Å². The highest BCUT2D eigenvalue weighted by Crippen LogP contribution is 2.18. The second-order valence-corrected chi connectivity index (χ2v) is 5.19. The molecule has 20 heavy (non-hydrogen) atoms. The van der Waals surface area contributed by atoms with Crippen LogP contribution in [-0.4, -0.2) is 26.4 Å². The minimum absolute atomic E-state index is 0.290. The van der Waals surface area contributed by atoms with E-state index in [4.69, 9.17) is 9.47 Å². The van der Waals surface area contributed by atoms with Crippen LogP contribution in [0.5, 0.6) is 5.75 Å². The fraction of sp³-hybridized carbons (Fsp3) is 0.625. The van der Waals surface area contributed by atoms with Crippen LogP contribution in [0.1, 0.15) is 32.8 Å². The smallest absolute Gasteiger partial charge is 0.165 e. The number of hydrogen-bond donors (Lipinski definition) is 1. The molecule has 0 fully saturated rings. The van der Waals surface area contributed by atoms with Gasteiger partial charge in [0.15, 0.2) is 11.6 Å². The van der Waals surface area contributed by atoms with Crippen LogP contribution >= 0.6 is 0 Å².